The molecule has 1 aromatic heterocycles. The Morgan fingerprint density at radius 3 is 2.94 bits per heavy atom. The van der Waals surface area contributed by atoms with E-state index in [-0.39, 0.29) is 5.97 Å². The number of hydrogen-bond acceptors (Lipinski definition) is 5. The molecule has 0 aliphatic rings. The molecule has 2 rings (SSSR count). The van der Waals surface area contributed by atoms with Gasteiger partial charge in [0.25, 0.3) is 0 Å². The molecule has 1 heterocycles. The molecule has 0 fully saturated rings. The summed E-state index contributed by atoms with van der Waals surface area (Å²) in [6.45, 7) is 0. The predicted molar refractivity (Wildman–Crippen MR) is 76.6 cm³/mol. The van der Waals surface area contributed by atoms with Crippen LogP contribution in [0.5, 0.6) is 0 Å². The molecular weight excluding hydrogens is 290 g/mol. The number of halogens is 1. The fourth-order valence-corrected chi connectivity index (χ4v) is 3.00. The number of anilines is 1. The Morgan fingerprint density at radius 2 is 2.28 bits per heavy atom. The van der Waals surface area contributed by atoms with Crippen molar-refractivity contribution in [3.8, 4) is 0 Å². The third kappa shape index (κ3) is 3.19. The molecular formula is C12H10ClNO2S2. The van der Waals surface area contributed by atoms with Gasteiger partial charge in [0, 0.05) is 15.3 Å². The van der Waals surface area contributed by atoms with E-state index < -0.39 is 0 Å². The fourth-order valence-electron chi connectivity index (χ4n) is 1.30. The summed E-state index contributed by atoms with van der Waals surface area (Å²) in [4.78, 5) is 12.3. The fraction of sp³-hybridized carbons (Fsp3) is 0.0833. The third-order valence-electron chi connectivity index (χ3n) is 2.15. The summed E-state index contributed by atoms with van der Waals surface area (Å²) >= 11 is 8.87. The molecule has 0 amide bonds. The van der Waals surface area contributed by atoms with Crippen LogP contribution < -0.4 is 4.72 Å². The second-order valence-corrected chi connectivity index (χ2v) is 5.41. The topological polar surface area (TPSA) is 38.3 Å². The lowest BCUT2D eigenvalue weighted by Gasteiger charge is -2.08. The van der Waals surface area contributed by atoms with E-state index in [9.17, 15) is 4.79 Å². The largest absolute Gasteiger partial charge is 0.465 e. The molecule has 1 aromatic carbocycles. The number of rotatable bonds is 4. The van der Waals surface area contributed by atoms with Crippen LogP contribution in [0, 0.1) is 0 Å². The molecule has 0 bridgehead atoms. The van der Waals surface area contributed by atoms with Gasteiger partial charge in [-0.05, 0) is 41.6 Å². The van der Waals surface area contributed by atoms with Crippen molar-refractivity contribution in [1.82, 2.24) is 0 Å². The number of thiophene rings is 1. The lowest BCUT2D eigenvalue weighted by Crippen LogP contribution is -2.03. The molecule has 3 nitrogen and oxygen atoms in total. The third-order valence-corrected chi connectivity index (χ3v) is 3.96. The molecule has 0 atom stereocenters. The molecule has 94 valence electrons. The zero-order valence-corrected chi connectivity index (χ0v) is 11.9. The maximum Gasteiger partial charge on any atom is 0.339 e. The summed E-state index contributed by atoms with van der Waals surface area (Å²) in [7, 11) is 1.36. The highest BCUT2D eigenvalue weighted by Crippen LogP contribution is 2.28. The summed E-state index contributed by atoms with van der Waals surface area (Å²) in [6.07, 6.45) is 0. The van der Waals surface area contributed by atoms with Crippen LogP contribution in [0.2, 0.25) is 5.02 Å². The maximum absolute atomic E-state index is 11.6. The monoisotopic (exact) mass is 299 g/mol. The van der Waals surface area contributed by atoms with Crippen LogP contribution in [0.3, 0.4) is 0 Å². The first-order valence-electron chi connectivity index (χ1n) is 5.03. The van der Waals surface area contributed by atoms with Crippen molar-refractivity contribution in [3.05, 3.63) is 45.6 Å². The van der Waals surface area contributed by atoms with Crippen LogP contribution in [0.4, 0.5) is 5.69 Å². The lowest BCUT2D eigenvalue weighted by atomic mass is 10.2. The van der Waals surface area contributed by atoms with Crippen molar-refractivity contribution in [3.63, 3.8) is 0 Å². The van der Waals surface area contributed by atoms with Gasteiger partial charge in [0.2, 0.25) is 0 Å². The van der Waals surface area contributed by atoms with Gasteiger partial charge < -0.3 is 9.46 Å². The number of benzene rings is 1. The Morgan fingerprint density at radius 1 is 1.44 bits per heavy atom. The standard InChI is InChI=1S/C12H10ClNO2S2/c1-16-12(15)10-3-2-8(13)6-11(10)18-14-9-4-5-17-7-9/h2-7,14H,1H3. The van der Waals surface area contributed by atoms with E-state index in [1.165, 1.54) is 19.1 Å². The average Bonchev–Trinajstić information content (AvgIpc) is 2.88. The first kappa shape index (κ1) is 13.3. The molecule has 0 aliphatic heterocycles. The van der Waals surface area contributed by atoms with Gasteiger partial charge in [0.05, 0.1) is 18.4 Å². The van der Waals surface area contributed by atoms with E-state index in [0.29, 0.717) is 10.6 Å². The zero-order valence-electron chi connectivity index (χ0n) is 9.48. The molecule has 0 spiro atoms. The van der Waals surface area contributed by atoms with Crippen LogP contribution in [0.1, 0.15) is 10.4 Å². The molecule has 2 aromatic rings. The highest BCUT2D eigenvalue weighted by Gasteiger charge is 2.13. The Labute approximate surface area is 118 Å². The Hall–Kier alpha value is -1.17. The van der Waals surface area contributed by atoms with Crippen LogP contribution in [0.25, 0.3) is 0 Å². The van der Waals surface area contributed by atoms with Crippen molar-refractivity contribution in [1.29, 1.82) is 0 Å². The van der Waals surface area contributed by atoms with E-state index in [0.717, 1.165) is 10.6 Å². The average molecular weight is 300 g/mol. The van der Waals surface area contributed by atoms with Crippen LogP contribution in [-0.4, -0.2) is 13.1 Å². The summed E-state index contributed by atoms with van der Waals surface area (Å²) in [5, 5.41) is 4.54. The Balaban J connectivity index is 2.19. The highest BCUT2D eigenvalue weighted by molar-refractivity contribution is 8.00. The van der Waals surface area contributed by atoms with Crippen molar-refractivity contribution in [2.24, 2.45) is 0 Å². The Bertz CT molecular complexity index is 543. The number of ether oxygens (including phenoxy) is 1. The summed E-state index contributed by atoms with van der Waals surface area (Å²) < 4.78 is 7.88. The van der Waals surface area contributed by atoms with E-state index in [1.54, 1.807) is 29.5 Å². The number of methoxy groups -OCH3 is 1. The SMILES string of the molecule is COC(=O)c1ccc(Cl)cc1SNc1ccsc1. The van der Waals surface area contributed by atoms with Gasteiger partial charge in [-0.1, -0.05) is 11.6 Å². The predicted octanol–water partition coefficient (Wildman–Crippen LogP) is 4.31. The smallest absolute Gasteiger partial charge is 0.339 e. The molecule has 0 saturated carbocycles. The first-order valence-corrected chi connectivity index (χ1v) is 7.17. The van der Waals surface area contributed by atoms with E-state index in [1.807, 2.05) is 16.8 Å². The first-order chi connectivity index (χ1) is 8.70. The zero-order chi connectivity index (χ0) is 13.0. The molecule has 0 radical (unpaired) electrons. The van der Waals surface area contributed by atoms with Gasteiger partial charge in [-0.25, -0.2) is 4.79 Å². The van der Waals surface area contributed by atoms with Crippen molar-refractivity contribution < 1.29 is 9.53 Å². The quantitative estimate of drug-likeness (QED) is 0.674. The van der Waals surface area contributed by atoms with Crippen LogP contribution >= 0.6 is 34.9 Å². The van der Waals surface area contributed by atoms with Gasteiger partial charge in [-0.3, -0.25) is 0 Å². The summed E-state index contributed by atoms with van der Waals surface area (Å²) in [6, 6.07) is 7.02. The number of carbonyl (C=O) groups is 1. The molecule has 0 unspecified atom stereocenters. The Kier molecular flexibility index (Phi) is 4.52. The number of esters is 1. The van der Waals surface area contributed by atoms with E-state index >= 15 is 0 Å². The molecule has 0 aliphatic carbocycles. The lowest BCUT2D eigenvalue weighted by molar-refractivity contribution is 0.0597. The van der Waals surface area contributed by atoms with Gasteiger partial charge in [0.1, 0.15) is 0 Å². The van der Waals surface area contributed by atoms with Gasteiger partial charge in [-0.2, -0.15) is 11.3 Å². The van der Waals surface area contributed by atoms with E-state index in [2.05, 4.69) is 4.72 Å². The minimum atomic E-state index is -0.374. The number of nitrogens with one attached hydrogen (secondary N) is 1. The second kappa shape index (κ2) is 6.13. The highest BCUT2D eigenvalue weighted by atomic mass is 35.5. The molecule has 0 saturated heterocycles. The summed E-state index contributed by atoms with van der Waals surface area (Å²) in [5.74, 6) is -0.374. The maximum atomic E-state index is 11.6. The van der Waals surface area contributed by atoms with Gasteiger partial charge >= 0.3 is 5.97 Å². The molecule has 1 N–H and O–H groups in total. The second-order valence-electron chi connectivity index (χ2n) is 3.35. The van der Waals surface area contributed by atoms with Crippen molar-refractivity contribution in [2.45, 2.75) is 4.90 Å². The molecule has 18 heavy (non-hydrogen) atoms. The van der Waals surface area contributed by atoms with Gasteiger partial charge in [0.15, 0.2) is 0 Å². The number of hydrogen-bond donors (Lipinski definition) is 1. The summed E-state index contributed by atoms with van der Waals surface area (Å²) in [5.41, 5.74) is 1.48. The van der Waals surface area contributed by atoms with Crippen molar-refractivity contribution in [2.75, 3.05) is 11.8 Å². The van der Waals surface area contributed by atoms with Gasteiger partial charge in [-0.15, -0.1) is 0 Å². The number of carbonyl (C=O) groups excluding carboxylic acids is 1. The normalized spacial score (nSPS) is 10.1. The molecule has 6 heteroatoms. The van der Waals surface area contributed by atoms with Crippen LogP contribution in [-0.2, 0) is 4.74 Å². The minimum Gasteiger partial charge on any atom is -0.465 e. The van der Waals surface area contributed by atoms with E-state index in [4.69, 9.17) is 16.3 Å². The van der Waals surface area contributed by atoms with Crippen molar-refractivity contribution >= 4 is 46.5 Å². The van der Waals surface area contributed by atoms with Crippen LogP contribution in [0.15, 0.2) is 39.9 Å². The minimum absolute atomic E-state index is 0.374.